The van der Waals surface area contributed by atoms with Crippen LogP contribution in [0, 0.1) is 0 Å². The summed E-state index contributed by atoms with van der Waals surface area (Å²) in [6.07, 6.45) is 0.829. The van der Waals surface area contributed by atoms with Gasteiger partial charge in [-0.3, -0.25) is 9.59 Å². The summed E-state index contributed by atoms with van der Waals surface area (Å²) < 4.78 is 4.58. The number of carbonyl (C=O) groups excluding carboxylic acids is 2. The third kappa shape index (κ3) is 3.81. The number of rotatable bonds is 6. The van der Waals surface area contributed by atoms with Crippen LogP contribution in [-0.2, 0) is 20.7 Å². The van der Waals surface area contributed by atoms with Gasteiger partial charge in [-0.1, -0.05) is 12.1 Å². The van der Waals surface area contributed by atoms with Crippen LogP contribution >= 0.6 is 0 Å². The predicted molar refractivity (Wildman–Crippen MR) is 78.7 cm³/mol. The molecule has 0 fully saturated rings. The highest BCUT2D eigenvalue weighted by Gasteiger charge is 2.16. The van der Waals surface area contributed by atoms with Crippen LogP contribution in [-0.4, -0.2) is 46.9 Å². The average Bonchev–Trinajstić information content (AvgIpc) is 2.92. The van der Waals surface area contributed by atoms with Crippen molar-refractivity contribution in [2.24, 2.45) is 0 Å². The number of hydrogen-bond donors (Lipinski definition) is 1. The molecule has 0 aliphatic carbocycles. The number of imidazole rings is 1. The highest BCUT2D eigenvalue weighted by atomic mass is 16.5. The number of hydrogen-bond acceptors (Lipinski definition) is 4. The number of benzene rings is 1. The first-order chi connectivity index (χ1) is 10.1. The first kappa shape index (κ1) is 15.0. The van der Waals surface area contributed by atoms with Crippen molar-refractivity contribution >= 4 is 22.9 Å². The Morgan fingerprint density at radius 1 is 1.33 bits per heavy atom. The van der Waals surface area contributed by atoms with E-state index in [2.05, 4.69) is 14.7 Å². The van der Waals surface area contributed by atoms with Gasteiger partial charge >= 0.3 is 5.97 Å². The number of aromatic amines is 1. The maximum atomic E-state index is 12.1. The molecule has 2 aromatic rings. The molecule has 2 rings (SSSR count). The molecule has 0 spiro atoms. The van der Waals surface area contributed by atoms with E-state index in [4.69, 9.17) is 0 Å². The topological polar surface area (TPSA) is 75.3 Å². The number of likely N-dealkylation sites (N-methyl/N-ethyl adjacent to an activating group) is 1. The molecule has 0 aliphatic heterocycles. The molecule has 0 saturated heterocycles. The summed E-state index contributed by atoms with van der Waals surface area (Å²) in [5, 5.41) is 0. The molecule has 6 heteroatoms. The minimum Gasteiger partial charge on any atom is -0.468 e. The maximum Gasteiger partial charge on any atom is 0.325 e. The highest BCUT2D eigenvalue weighted by molar-refractivity contribution is 5.82. The van der Waals surface area contributed by atoms with Crippen LogP contribution in [0.1, 0.15) is 19.2 Å². The Morgan fingerprint density at radius 2 is 2.10 bits per heavy atom. The molecule has 1 aromatic heterocycles. The van der Waals surface area contributed by atoms with Crippen LogP contribution in [0.25, 0.3) is 11.0 Å². The quantitative estimate of drug-likeness (QED) is 0.818. The van der Waals surface area contributed by atoms with Crippen molar-refractivity contribution in [2.75, 3.05) is 20.2 Å². The maximum absolute atomic E-state index is 12.1. The second-order valence-corrected chi connectivity index (χ2v) is 4.68. The van der Waals surface area contributed by atoms with E-state index >= 15 is 0 Å². The minimum absolute atomic E-state index is 0.00797. The monoisotopic (exact) mass is 289 g/mol. The molecule has 1 N–H and O–H groups in total. The number of fused-ring (bicyclic) bond motifs is 1. The number of nitrogens with zero attached hydrogens (tertiary/aromatic N) is 2. The number of amides is 1. The largest absolute Gasteiger partial charge is 0.468 e. The zero-order chi connectivity index (χ0) is 15.2. The first-order valence-corrected chi connectivity index (χ1v) is 6.92. The lowest BCUT2D eigenvalue weighted by Gasteiger charge is -2.18. The number of H-pyrrole nitrogens is 1. The van der Waals surface area contributed by atoms with E-state index < -0.39 is 5.97 Å². The summed E-state index contributed by atoms with van der Waals surface area (Å²) in [6, 6.07) is 7.73. The van der Waals surface area contributed by atoms with Gasteiger partial charge in [0.1, 0.15) is 12.4 Å². The minimum atomic E-state index is -0.408. The molecular weight excluding hydrogens is 270 g/mol. The van der Waals surface area contributed by atoms with Gasteiger partial charge in [-0.2, -0.15) is 0 Å². The molecule has 0 atom stereocenters. The number of ether oxygens (including phenoxy) is 1. The zero-order valence-electron chi connectivity index (χ0n) is 12.3. The van der Waals surface area contributed by atoms with E-state index in [0.29, 0.717) is 19.4 Å². The van der Waals surface area contributed by atoms with E-state index in [9.17, 15) is 9.59 Å². The van der Waals surface area contributed by atoms with Crippen LogP contribution in [0.2, 0.25) is 0 Å². The van der Waals surface area contributed by atoms with Crippen molar-refractivity contribution in [3.05, 3.63) is 30.1 Å². The normalized spacial score (nSPS) is 10.6. The van der Waals surface area contributed by atoms with Crippen molar-refractivity contribution in [1.82, 2.24) is 14.9 Å². The van der Waals surface area contributed by atoms with Crippen LogP contribution in [0.15, 0.2) is 24.3 Å². The summed E-state index contributed by atoms with van der Waals surface area (Å²) in [5.41, 5.74) is 1.85. The number of nitrogens with one attached hydrogen (secondary N) is 1. The highest BCUT2D eigenvalue weighted by Crippen LogP contribution is 2.11. The molecule has 0 aliphatic rings. The van der Waals surface area contributed by atoms with E-state index in [1.807, 2.05) is 31.2 Å². The summed E-state index contributed by atoms with van der Waals surface area (Å²) in [7, 11) is 1.31. The van der Waals surface area contributed by atoms with Crippen molar-refractivity contribution in [3.8, 4) is 0 Å². The van der Waals surface area contributed by atoms with Crippen LogP contribution < -0.4 is 0 Å². The molecule has 112 valence electrons. The van der Waals surface area contributed by atoms with E-state index in [-0.39, 0.29) is 12.5 Å². The summed E-state index contributed by atoms with van der Waals surface area (Å²) >= 11 is 0. The van der Waals surface area contributed by atoms with Gasteiger partial charge in [-0.15, -0.1) is 0 Å². The first-order valence-electron chi connectivity index (χ1n) is 6.92. The Morgan fingerprint density at radius 3 is 2.76 bits per heavy atom. The molecule has 0 bridgehead atoms. The van der Waals surface area contributed by atoms with Gasteiger partial charge < -0.3 is 14.6 Å². The third-order valence-corrected chi connectivity index (χ3v) is 3.30. The van der Waals surface area contributed by atoms with Crippen molar-refractivity contribution in [1.29, 1.82) is 0 Å². The lowest BCUT2D eigenvalue weighted by molar-refractivity contribution is -0.146. The van der Waals surface area contributed by atoms with Gasteiger partial charge in [-0.05, 0) is 19.1 Å². The van der Waals surface area contributed by atoms with Crippen LogP contribution in [0.4, 0.5) is 0 Å². The molecule has 21 heavy (non-hydrogen) atoms. The van der Waals surface area contributed by atoms with Crippen molar-refractivity contribution in [2.45, 2.75) is 19.8 Å². The second kappa shape index (κ2) is 6.88. The van der Waals surface area contributed by atoms with E-state index in [0.717, 1.165) is 16.9 Å². The number of para-hydroxylation sites is 2. The van der Waals surface area contributed by atoms with Crippen molar-refractivity contribution in [3.63, 3.8) is 0 Å². The third-order valence-electron chi connectivity index (χ3n) is 3.30. The Labute approximate surface area is 123 Å². The molecule has 0 saturated carbocycles. The fourth-order valence-corrected chi connectivity index (χ4v) is 2.10. The van der Waals surface area contributed by atoms with E-state index in [1.54, 1.807) is 0 Å². The molecule has 1 aromatic carbocycles. The lowest BCUT2D eigenvalue weighted by atomic mass is 10.2. The van der Waals surface area contributed by atoms with Gasteiger partial charge in [0, 0.05) is 19.4 Å². The van der Waals surface area contributed by atoms with Gasteiger partial charge in [0.15, 0.2) is 0 Å². The number of carbonyl (C=O) groups is 2. The molecule has 1 heterocycles. The predicted octanol–water partition coefficient (Wildman–Crippen LogP) is 1.52. The molecule has 0 radical (unpaired) electrons. The van der Waals surface area contributed by atoms with Crippen LogP contribution in [0.5, 0.6) is 0 Å². The number of aryl methyl sites for hydroxylation is 1. The summed E-state index contributed by atoms with van der Waals surface area (Å²) in [5.74, 6) is 0.288. The summed E-state index contributed by atoms with van der Waals surface area (Å²) in [4.78, 5) is 32.4. The van der Waals surface area contributed by atoms with Crippen molar-refractivity contribution < 1.29 is 14.3 Å². The standard InChI is InChI=1S/C15H19N3O3/c1-3-18(10-15(20)21-2)14(19)9-8-13-16-11-6-4-5-7-12(11)17-13/h4-7H,3,8-10H2,1-2H3,(H,16,17). The Hall–Kier alpha value is -2.37. The molecule has 0 unspecified atom stereocenters. The SMILES string of the molecule is CCN(CC(=O)OC)C(=O)CCc1nc2ccccc2[nH]1. The lowest BCUT2D eigenvalue weighted by Crippen LogP contribution is -2.36. The fourth-order valence-electron chi connectivity index (χ4n) is 2.10. The number of aromatic nitrogens is 2. The Kier molecular flexibility index (Phi) is 4.92. The summed E-state index contributed by atoms with van der Waals surface area (Å²) in [6.45, 7) is 2.31. The van der Waals surface area contributed by atoms with Gasteiger partial charge in [-0.25, -0.2) is 4.98 Å². The molecular formula is C15H19N3O3. The van der Waals surface area contributed by atoms with E-state index in [1.165, 1.54) is 12.0 Å². The Balaban J connectivity index is 1.94. The zero-order valence-corrected chi connectivity index (χ0v) is 12.3. The number of esters is 1. The van der Waals surface area contributed by atoms with Crippen LogP contribution in [0.3, 0.4) is 0 Å². The fraction of sp³-hybridized carbons (Fsp3) is 0.400. The second-order valence-electron chi connectivity index (χ2n) is 4.68. The molecule has 6 nitrogen and oxygen atoms in total. The molecule has 1 amide bonds. The smallest absolute Gasteiger partial charge is 0.325 e. The Bertz CT molecular complexity index is 603. The van der Waals surface area contributed by atoms with Gasteiger partial charge in [0.05, 0.1) is 18.1 Å². The number of methoxy groups -OCH3 is 1. The van der Waals surface area contributed by atoms with Gasteiger partial charge in [0.25, 0.3) is 0 Å². The average molecular weight is 289 g/mol. The van der Waals surface area contributed by atoms with Gasteiger partial charge in [0.2, 0.25) is 5.91 Å².